The maximum atomic E-state index is 11.6. The molecule has 5 fully saturated rings. The van der Waals surface area contributed by atoms with Gasteiger partial charge in [-0.3, -0.25) is 9.59 Å². The molecular formula is C17H27N3O2. The molecule has 0 aromatic carbocycles. The lowest BCUT2D eigenvalue weighted by atomic mass is 9.54. The Morgan fingerprint density at radius 1 is 0.909 bits per heavy atom. The van der Waals surface area contributed by atoms with Crippen LogP contribution in [0.4, 0.5) is 0 Å². The fraction of sp³-hybridized carbons (Fsp3) is 0.882. The predicted molar refractivity (Wildman–Crippen MR) is 82.8 cm³/mol. The molecule has 0 unspecified atom stereocenters. The van der Waals surface area contributed by atoms with Crippen LogP contribution in [0, 0.1) is 23.7 Å². The van der Waals surface area contributed by atoms with Crippen molar-refractivity contribution in [1.82, 2.24) is 10.2 Å². The molecule has 122 valence electrons. The van der Waals surface area contributed by atoms with Crippen LogP contribution in [0.15, 0.2) is 0 Å². The van der Waals surface area contributed by atoms with E-state index in [0.29, 0.717) is 25.2 Å². The van der Waals surface area contributed by atoms with Gasteiger partial charge in [0.1, 0.15) is 0 Å². The van der Waals surface area contributed by atoms with Gasteiger partial charge >= 0.3 is 11.8 Å². The van der Waals surface area contributed by atoms with Gasteiger partial charge in [-0.05, 0) is 68.6 Å². The van der Waals surface area contributed by atoms with Crippen molar-refractivity contribution in [1.29, 1.82) is 0 Å². The van der Waals surface area contributed by atoms with E-state index in [1.54, 1.807) is 4.90 Å². The van der Waals surface area contributed by atoms with E-state index in [1.165, 1.54) is 32.1 Å². The van der Waals surface area contributed by atoms with Crippen LogP contribution in [-0.2, 0) is 9.59 Å². The molecule has 5 aliphatic rings. The van der Waals surface area contributed by atoms with Crippen LogP contribution in [0.1, 0.15) is 44.9 Å². The van der Waals surface area contributed by atoms with Crippen molar-refractivity contribution < 1.29 is 9.59 Å². The molecule has 0 aromatic rings. The first kappa shape index (κ1) is 14.5. The first-order valence-electron chi connectivity index (χ1n) is 8.95. The van der Waals surface area contributed by atoms with Crippen LogP contribution < -0.4 is 11.1 Å². The summed E-state index contributed by atoms with van der Waals surface area (Å²) >= 11 is 0. The Hall–Kier alpha value is -1.10. The number of nitrogens with zero attached hydrogens (tertiary/aromatic N) is 1. The van der Waals surface area contributed by atoms with Crippen molar-refractivity contribution in [2.45, 2.75) is 57.0 Å². The molecule has 3 N–H and O–H groups in total. The minimum atomic E-state index is -0.826. The van der Waals surface area contributed by atoms with Gasteiger partial charge in [-0.15, -0.1) is 0 Å². The zero-order valence-corrected chi connectivity index (χ0v) is 13.2. The third-order valence-electron chi connectivity index (χ3n) is 6.65. The Labute approximate surface area is 132 Å². The minimum Gasteiger partial charge on any atom is -0.361 e. The SMILES string of the molecule is NC(=O)C(=O)N1CCC(NC2C3CC4CC(C3)CC2C4)CC1. The van der Waals surface area contributed by atoms with Crippen molar-refractivity contribution >= 4 is 11.8 Å². The zero-order valence-electron chi connectivity index (χ0n) is 13.2. The molecule has 0 radical (unpaired) electrons. The maximum Gasteiger partial charge on any atom is 0.311 e. The molecule has 5 nitrogen and oxygen atoms in total. The summed E-state index contributed by atoms with van der Waals surface area (Å²) in [6, 6.07) is 1.20. The number of primary amides is 1. The summed E-state index contributed by atoms with van der Waals surface area (Å²) in [6.45, 7) is 1.32. The summed E-state index contributed by atoms with van der Waals surface area (Å²) < 4.78 is 0. The van der Waals surface area contributed by atoms with Gasteiger partial charge < -0.3 is 16.0 Å². The van der Waals surface area contributed by atoms with E-state index in [9.17, 15) is 9.59 Å². The van der Waals surface area contributed by atoms with Gasteiger partial charge in [0.05, 0.1) is 0 Å². The average Bonchev–Trinajstić information content (AvgIpc) is 2.50. The second kappa shape index (κ2) is 5.52. The highest BCUT2D eigenvalue weighted by molar-refractivity contribution is 6.34. The molecule has 1 heterocycles. The topological polar surface area (TPSA) is 75.4 Å². The lowest BCUT2D eigenvalue weighted by molar-refractivity contribution is -0.145. The standard InChI is InChI=1S/C17H27N3O2/c18-16(21)17(22)20-3-1-14(2-4-20)19-15-12-6-10-5-11(8-12)9-13(15)7-10/h10-15,19H,1-9H2,(H2,18,21). The number of carbonyl (C=O) groups excluding carboxylic acids is 2. The number of piperidine rings is 1. The number of amides is 2. The largest absolute Gasteiger partial charge is 0.361 e. The molecule has 4 aliphatic carbocycles. The summed E-state index contributed by atoms with van der Waals surface area (Å²) in [6.07, 6.45) is 9.12. The molecule has 1 aliphatic heterocycles. The average molecular weight is 305 g/mol. The number of likely N-dealkylation sites (tertiary alicyclic amines) is 1. The highest BCUT2D eigenvalue weighted by atomic mass is 16.2. The summed E-state index contributed by atoms with van der Waals surface area (Å²) in [7, 11) is 0. The third-order valence-corrected chi connectivity index (χ3v) is 6.65. The Balaban J connectivity index is 1.32. The van der Waals surface area contributed by atoms with Crippen molar-refractivity contribution in [2.75, 3.05) is 13.1 Å². The summed E-state index contributed by atoms with van der Waals surface area (Å²) in [4.78, 5) is 24.2. The highest BCUT2D eigenvalue weighted by Gasteiger charge is 2.48. The van der Waals surface area contributed by atoms with Crippen molar-refractivity contribution in [3.63, 3.8) is 0 Å². The number of hydrogen-bond acceptors (Lipinski definition) is 3. The van der Waals surface area contributed by atoms with Crippen molar-refractivity contribution in [3.05, 3.63) is 0 Å². The van der Waals surface area contributed by atoms with E-state index >= 15 is 0 Å². The van der Waals surface area contributed by atoms with Gasteiger partial charge in [0, 0.05) is 25.2 Å². The zero-order chi connectivity index (χ0) is 15.3. The molecule has 0 aromatic heterocycles. The Morgan fingerprint density at radius 2 is 1.45 bits per heavy atom. The van der Waals surface area contributed by atoms with Crippen LogP contribution in [0.3, 0.4) is 0 Å². The molecule has 5 heteroatoms. The molecule has 5 rings (SSSR count). The molecule has 0 spiro atoms. The minimum absolute atomic E-state index is 0.499. The number of hydrogen-bond donors (Lipinski definition) is 2. The van der Waals surface area contributed by atoms with E-state index in [-0.39, 0.29) is 0 Å². The van der Waals surface area contributed by atoms with Crippen LogP contribution >= 0.6 is 0 Å². The fourth-order valence-corrected chi connectivity index (χ4v) is 5.87. The molecule has 2 amide bonds. The number of rotatable bonds is 2. The lowest BCUT2D eigenvalue weighted by Crippen LogP contribution is -2.58. The van der Waals surface area contributed by atoms with Gasteiger partial charge in [-0.25, -0.2) is 0 Å². The molecular weight excluding hydrogens is 278 g/mol. The van der Waals surface area contributed by atoms with Gasteiger partial charge in [-0.2, -0.15) is 0 Å². The Kier molecular flexibility index (Phi) is 3.63. The normalized spacial score (nSPS) is 40.9. The number of carbonyl (C=O) groups is 2. The molecule has 4 saturated carbocycles. The van der Waals surface area contributed by atoms with Crippen LogP contribution in [0.25, 0.3) is 0 Å². The van der Waals surface area contributed by atoms with Gasteiger partial charge in [0.2, 0.25) is 0 Å². The van der Waals surface area contributed by atoms with E-state index in [0.717, 1.165) is 36.5 Å². The molecule has 22 heavy (non-hydrogen) atoms. The van der Waals surface area contributed by atoms with Gasteiger partial charge in [0.25, 0.3) is 0 Å². The van der Waals surface area contributed by atoms with E-state index in [4.69, 9.17) is 5.73 Å². The van der Waals surface area contributed by atoms with Crippen LogP contribution in [0.5, 0.6) is 0 Å². The number of nitrogens with one attached hydrogen (secondary N) is 1. The Morgan fingerprint density at radius 3 is 1.95 bits per heavy atom. The Bertz CT molecular complexity index is 443. The summed E-state index contributed by atoms with van der Waals surface area (Å²) in [5.74, 6) is 2.45. The van der Waals surface area contributed by atoms with Gasteiger partial charge in [0.15, 0.2) is 0 Å². The molecule has 1 saturated heterocycles. The first-order valence-corrected chi connectivity index (χ1v) is 8.95. The van der Waals surface area contributed by atoms with Crippen molar-refractivity contribution in [2.24, 2.45) is 29.4 Å². The monoisotopic (exact) mass is 305 g/mol. The van der Waals surface area contributed by atoms with Crippen LogP contribution in [-0.4, -0.2) is 41.9 Å². The van der Waals surface area contributed by atoms with Gasteiger partial charge in [-0.1, -0.05) is 0 Å². The molecule has 0 atom stereocenters. The third kappa shape index (κ3) is 2.53. The summed E-state index contributed by atoms with van der Waals surface area (Å²) in [5.41, 5.74) is 5.08. The second-order valence-corrected chi connectivity index (χ2v) is 8.05. The fourth-order valence-electron chi connectivity index (χ4n) is 5.87. The quantitative estimate of drug-likeness (QED) is 0.744. The highest BCUT2D eigenvalue weighted by Crippen LogP contribution is 2.53. The number of nitrogens with two attached hydrogens (primary N) is 1. The van der Waals surface area contributed by atoms with E-state index in [1.807, 2.05) is 0 Å². The van der Waals surface area contributed by atoms with E-state index in [2.05, 4.69) is 5.32 Å². The maximum absolute atomic E-state index is 11.6. The van der Waals surface area contributed by atoms with E-state index < -0.39 is 11.8 Å². The van der Waals surface area contributed by atoms with Crippen LogP contribution in [0.2, 0.25) is 0 Å². The van der Waals surface area contributed by atoms with Crippen molar-refractivity contribution in [3.8, 4) is 0 Å². The summed E-state index contributed by atoms with van der Waals surface area (Å²) in [5, 5.41) is 3.94. The predicted octanol–water partition coefficient (Wildman–Crippen LogP) is 0.877. The lowest BCUT2D eigenvalue weighted by Gasteiger charge is -2.55. The molecule has 4 bridgehead atoms. The first-order chi connectivity index (χ1) is 10.6. The smallest absolute Gasteiger partial charge is 0.311 e. The second-order valence-electron chi connectivity index (χ2n) is 8.05.